The fourth-order valence-electron chi connectivity index (χ4n) is 2.38. The van der Waals surface area contributed by atoms with E-state index >= 15 is 0 Å². The zero-order valence-electron chi connectivity index (χ0n) is 15.1. The number of hydrogen-bond acceptors (Lipinski definition) is 7. The van der Waals surface area contributed by atoms with E-state index < -0.39 is 10.0 Å². The zero-order valence-corrected chi connectivity index (χ0v) is 17.4. The van der Waals surface area contributed by atoms with Crippen molar-refractivity contribution in [2.45, 2.75) is 11.3 Å². The predicted molar refractivity (Wildman–Crippen MR) is 111 cm³/mol. The van der Waals surface area contributed by atoms with E-state index in [0.717, 1.165) is 5.56 Å². The number of methoxy groups -OCH3 is 1. The van der Waals surface area contributed by atoms with E-state index in [4.69, 9.17) is 16.3 Å². The standard InChI is InChI=1S/C18H19ClN4O3S2/c1-26-15-6-8-16(9-7-15)28(24,25)21-11-10-20-18-22-17(23-27-18)12-13-2-4-14(19)5-3-13/h2-9,21H,10-12H2,1H3,(H,20,22,23). The number of aromatic nitrogens is 2. The Morgan fingerprint density at radius 3 is 2.46 bits per heavy atom. The van der Waals surface area contributed by atoms with Crippen LogP contribution in [0.2, 0.25) is 5.02 Å². The van der Waals surface area contributed by atoms with Crippen LogP contribution >= 0.6 is 23.1 Å². The molecule has 0 radical (unpaired) electrons. The van der Waals surface area contributed by atoms with Gasteiger partial charge in [-0.15, -0.1) is 0 Å². The molecule has 28 heavy (non-hydrogen) atoms. The molecule has 0 bridgehead atoms. The van der Waals surface area contributed by atoms with E-state index in [0.29, 0.717) is 34.7 Å². The fraction of sp³-hybridized carbons (Fsp3) is 0.222. The fourth-order valence-corrected chi connectivity index (χ4v) is 4.14. The number of halogens is 1. The molecule has 0 saturated carbocycles. The van der Waals surface area contributed by atoms with Crippen molar-refractivity contribution in [3.8, 4) is 5.75 Å². The van der Waals surface area contributed by atoms with Crippen LogP contribution in [-0.2, 0) is 16.4 Å². The van der Waals surface area contributed by atoms with Gasteiger partial charge >= 0.3 is 0 Å². The van der Waals surface area contributed by atoms with E-state index in [-0.39, 0.29) is 11.4 Å². The summed E-state index contributed by atoms with van der Waals surface area (Å²) in [6.45, 7) is 0.616. The van der Waals surface area contributed by atoms with Gasteiger partial charge in [-0.05, 0) is 42.0 Å². The molecule has 1 aromatic heterocycles. The molecule has 2 aromatic carbocycles. The van der Waals surface area contributed by atoms with E-state index in [2.05, 4.69) is 19.4 Å². The summed E-state index contributed by atoms with van der Waals surface area (Å²) in [5, 5.41) is 4.41. The molecule has 0 fully saturated rings. The van der Waals surface area contributed by atoms with Crippen LogP contribution in [-0.4, -0.2) is 38.0 Å². The number of nitrogens with zero attached hydrogens (tertiary/aromatic N) is 2. The predicted octanol–water partition coefficient (Wildman–Crippen LogP) is 3.18. The van der Waals surface area contributed by atoms with Gasteiger partial charge in [-0.3, -0.25) is 0 Å². The molecule has 10 heteroatoms. The first-order valence-corrected chi connectivity index (χ1v) is 11.0. The summed E-state index contributed by atoms with van der Waals surface area (Å²) in [5.41, 5.74) is 1.07. The average Bonchev–Trinajstić information content (AvgIpc) is 3.14. The van der Waals surface area contributed by atoms with Crippen LogP contribution in [0.1, 0.15) is 11.4 Å². The molecular formula is C18H19ClN4O3S2. The molecular weight excluding hydrogens is 420 g/mol. The van der Waals surface area contributed by atoms with Gasteiger partial charge in [0.25, 0.3) is 0 Å². The molecule has 0 spiro atoms. The highest BCUT2D eigenvalue weighted by molar-refractivity contribution is 7.89. The molecule has 0 saturated heterocycles. The van der Waals surface area contributed by atoms with Crippen molar-refractivity contribution in [1.29, 1.82) is 0 Å². The van der Waals surface area contributed by atoms with Gasteiger partial charge in [0.05, 0.1) is 12.0 Å². The number of hydrogen-bond donors (Lipinski definition) is 2. The van der Waals surface area contributed by atoms with Crippen molar-refractivity contribution in [2.24, 2.45) is 0 Å². The maximum Gasteiger partial charge on any atom is 0.240 e. The van der Waals surface area contributed by atoms with E-state index in [1.54, 1.807) is 12.1 Å². The van der Waals surface area contributed by atoms with Gasteiger partial charge in [0.2, 0.25) is 15.2 Å². The highest BCUT2D eigenvalue weighted by atomic mass is 35.5. The highest BCUT2D eigenvalue weighted by Crippen LogP contribution is 2.17. The first kappa shape index (κ1) is 20.5. The van der Waals surface area contributed by atoms with Crippen molar-refractivity contribution in [2.75, 3.05) is 25.5 Å². The van der Waals surface area contributed by atoms with Crippen LogP contribution in [0.25, 0.3) is 0 Å². The van der Waals surface area contributed by atoms with Crippen LogP contribution < -0.4 is 14.8 Å². The first-order chi connectivity index (χ1) is 13.5. The lowest BCUT2D eigenvalue weighted by Gasteiger charge is -2.07. The van der Waals surface area contributed by atoms with Gasteiger partial charge in [-0.1, -0.05) is 23.7 Å². The van der Waals surface area contributed by atoms with Crippen LogP contribution in [0.4, 0.5) is 5.13 Å². The Morgan fingerprint density at radius 1 is 1.07 bits per heavy atom. The molecule has 0 atom stereocenters. The van der Waals surface area contributed by atoms with Gasteiger partial charge < -0.3 is 10.1 Å². The molecule has 3 rings (SSSR count). The van der Waals surface area contributed by atoms with Gasteiger partial charge in [0, 0.05) is 36.1 Å². The van der Waals surface area contributed by atoms with Crippen LogP contribution in [0.3, 0.4) is 0 Å². The van der Waals surface area contributed by atoms with Crippen molar-refractivity contribution < 1.29 is 13.2 Å². The second kappa shape index (κ2) is 9.33. The molecule has 0 aliphatic heterocycles. The third-order valence-electron chi connectivity index (χ3n) is 3.81. The molecule has 2 N–H and O–H groups in total. The van der Waals surface area contributed by atoms with Crippen LogP contribution in [0.5, 0.6) is 5.75 Å². The molecule has 0 aliphatic carbocycles. The maximum atomic E-state index is 12.3. The lowest BCUT2D eigenvalue weighted by molar-refractivity contribution is 0.414. The Balaban J connectivity index is 1.47. The van der Waals surface area contributed by atoms with E-state index in [9.17, 15) is 8.42 Å². The Kier molecular flexibility index (Phi) is 6.84. The van der Waals surface area contributed by atoms with Crippen LogP contribution in [0.15, 0.2) is 53.4 Å². The van der Waals surface area contributed by atoms with Crippen molar-refractivity contribution >= 4 is 38.3 Å². The molecule has 1 heterocycles. The Bertz CT molecular complexity index is 1010. The van der Waals surface area contributed by atoms with E-state index in [1.165, 1.54) is 30.8 Å². The highest BCUT2D eigenvalue weighted by Gasteiger charge is 2.13. The Labute approximate surface area is 173 Å². The maximum absolute atomic E-state index is 12.3. The summed E-state index contributed by atoms with van der Waals surface area (Å²) in [6.07, 6.45) is 0.611. The smallest absolute Gasteiger partial charge is 0.240 e. The number of ether oxygens (including phenoxy) is 1. The number of sulfonamides is 1. The number of nitrogens with one attached hydrogen (secondary N) is 2. The van der Waals surface area contributed by atoms with Crippen molar-refractivity contribution in [1.82, 2.24) is 14.1 Å². The molecule has 148 valence electrons. The minimum Gasteiger partial charge on any atom is -0.497 e. The van der Waals surface area contributed by atoms with Gasteiger partial charge in [-0.2, -0.15) is 4.37 Å². The monoisotopic (exact) mass is 438 g/mol. The lowest BCUT2D eigenvalue weighted by atomic mass is 10.1. The number of benzene rings is 2. The van der Waals surface area contributed by atoms with Crippen LogP contribution in [0, 0.1) is 0 Å². The quantitative estimate of drug-likeness (QED) is 0.498. The minimum absolute atomic E-state index is 0.189. The summed E-state index contributed by atoms with van der Waals surface area (Å²) >= 11 is 7.12. The molecule has 0 aliphatic rings. The summed E-state index contributed by atoms with van der Waals surface area (Å²) in [4.78, 5) is 4.60. The summed E-state index contributed by atoms with van der Waals surface area (Å²) in [6, 6.07) is 13.8. The van der Waals surface area contributed by atoms with Gasteiger partial charge in [-0.25, -0.2) is 18.1 Å². The summed E-state index contributed by atoms with van der Waals surface area (Å²) in [7, 11) is -2.04. The number of rotatable bonds is 9. The summed E-state index contributed by atoms with van der Waals surface area (Å²) in [5.74, 6) is 1.31. The van der Waals surface area contributed by atoms with Crippen molar-refractivity contribution in [3.63, 3.8) is 0 Å². The largest absolute Gasteiger partial charge is 0.497 e. The second-order valence-electron chi connectivity index (χ2n) is 5.82. The van der Waals surface area contributed by atoms with Crippen molar-refractivity contribution in [3.05, 3.63) is 64.9 Å². The third-order valence-corrected chi connectivity index (χ3v) is 6.25. The third kappa shape index (κ3) is 5.65. The van der Waals surface area contributed by atoms with Gasteiger partial charge in [0.1, 0.15) is 11.6 Å². The zero-order chi connectivity index (χ0) is 20.0. The normalized spacial score (nSPS) is 11.4. The SMILES string of the molecule is COc1ccc(S(=O)(=O)NCCNc2nc(Cc3ccc(Cl)cc3)ns2)cc1. The van der Waals surface area contributed by atoms with E-state index in [1.807, 2.05) is 24.3 Å². The second-order valence-corrected chi connectivity index (χ2v) is 8.77. The first-order valence-electron chi connectivity index (χ1n) is 8.41. The molecule has 0 unspecified atom stereocenters. The molecule has 3 aromatic rings. The van der Waals surface area contributed by atoms with Gasteiger partial charge in [0.15, 0.2) is 0 Å². The molecule has 7 nitrogen and oxygen atoms in total. The average molecular weight is 439 g/mol. The molecule has 0 amide bonds. The topological polar surface area (TPSA) is 93.2 Å². The number of anilines is 1. The lowest BCUT2D eigenvalue weighted by Crippen LogP contribution is -2.28. The Hall–Kier alpha value is -2.20. The minimum atomic E-state index is -3.57. The Morgan fingerprint density at radius 2 is 1.79 bits per heavy atom. The summed E-state index contributed by atoms with van der Waals surface area (Å²) < 4.78 is 36.4.